The van der Waals surface area contributed by atoms with Gasteiger partial charge in [-0.25, -0.2) is 4.79 Å². The Morgan fingerprint density at radius 1 is 1.04 bits per heavy atom. The zero-order valence-corrected chi connectivity index (χ0v) is 15.3. The molecule has 140 valence electrons. The van der Waals surface area contributed by atoms with E-state index in [1.807, 2.05) is 30.3 Å². The van der Waals surface area contributed by atoms with Crippen molar-refractivity contribution in [3.63, 3.8) is 0 Å². The van der Waals surface area contributed by atoms with Gasteiger partial charge in [0.05, 0.1) is 13.1 Å². The number of hydrogen-bond donors (Lipinski definition) is 1. The number of carbonyl (C=O) groups is 1. The summed E-state index contributed by atoms with van der Waals surface area (Å²) < 4.78 is 5.63. The van der Waals surface area contributed by atoms with Gasteiger partial charge >= 0.3 is 6.09 Å². The van der Waals surface area contributed by atoms with E-state index in [0.717, 1.165) is 5.56 Å². The Morgan fingerprint density at radius 3 is 2.29 bits per heavy atom. The first-order chi connectivity index (χ1) is 13.7. The number of nitrogens with zero attached hydrogens (tertiary/aromatic N) is 2. The summed E-state index contributed by atoms with van der Waals surface area (Å²) in [6, 6.07) is 20.1. The van der Waals surface area contributed by atoms with E-state index in [0.29, 0.717) is 0 Å². The standard InChI is InChI=1S/C23H20N2O3/c26-22(25-14-23(27,15-25)16-6-5-11-24-12-16)28-13-21-19-9-3-1-7-17(19)18-8-2-4-10-20(18)21/h1-12,21,27H,13-15H2. The second-order valence-corrected chi connectivity index (χ2v) is 7.43. The molecule has 3 aromatic rings. The first kappa shape index (κ1) is 17.0. The number of hydrogen-bond acceptors (Lipinski definition) is 4. The van der Waals surface area contributed by atoms with Crippen LogP contribution in [-0.2, 0) is 10.3 Å². The third-order valence-electron chi connectivity index (χ3n) is 5.70. The van der Waals surface area contributed by atoms with E-state index >= 15 is 0 Å². The smallest absolute Gasteiger partial charge is 0.410 e. The highest BCUT2D eigenvalue weighted by molar-refractivity contribution is 5.79. The Hall–Kier alpha value is -3.18. The Morgan fingerprint density at radius 2 is 1.68 bits per heavy atom. The van der Waals surface area contributed by atoms with Crippen LogP contribution in [0.2, 0.25) is 0 Å². The van der Waals surface area contributed by atoms with E-state index in [-0.39, 0.29) is 25.6 Å². The highest BCUT2D eigenvalue weighted by Crippen LogP contribution is 2.44. The zero-order valence-electron chi connectivity index (χ0n) is 15.3. The molecule has 0 atom stereocenters. The second-order valence-electron chi connectivity index (χ2n) is 7.43. The van der Waals surface area contributed by atoms with Crippen molar-refractivity contribution in [2.45, 2.75) is 11.5 Å². The van der Waals surface area contributed by atoms with E-state index in [1.165, 1.54) is 27.2 Å². The van der Waals surface area contributed by atoms with Gasteiger partial charge in [-0.2, -0.15) is 0 Å². The molecule has 1 aromatic heterocycles. The molecule has 0 saturated carbocycles. The van der Waals surface area contributed by atoms with Gasteiger partial charge in [-0.3, -0.25) is 4.98 Å². The van der Waals surface area contributed by atoms with E-state index < -0.39 is 11.7 Å². The third kappa shape index (κ3) is 2.67. The highest BCUT2D eigenvalue weighted by Gasteiger charge is 2.46. The summed E-state index contributed by atoms with van der Waals surface area (Å²) in [6.07, 6.45) is 2.90. The predicted molar refractivity (Wildman–Crippen MR) is 105 cm³/mol. The number of aliphatic hydroxyl groups is 1. The number of ether oxygens (including phenoxy) is 1. The second kappa shape index (κ2) is 6.46. The number of likely N-dealkylation sites (tertiary alicyclic amines) is 1. The zero-order chi connectivity index (χ0) is 19.1. The Bertz CT molecular complexity index is 983. The van der Waals surface area contributed by atoms with E-state index in [1.54, 1.807) is 18.5 Å². The summed E-state index contributed by atoms with van der Waals surface area (Å²) in [7, 11) is 0. The van der Waals surface area contributed by atoms with E-state index in [4.69, 9.17) is 4.74 Å². The van der Waals surface area contributed by atoms with Crippen molar-refractivity contribution in [1.29, 1.82) is 0 Å². The van der Waals surface area contributed by atoms with Crippen LogP contribution >= 0.6 is 0 Å². The fraction of sp³-hybridized carbons (Fsp3) is 0.217. The van der Waals surface area contributed by atoms with Crippen LogP contribution in [0.4, 0.5) is 4.79 Å². The van der Waals surface area contributed by atoms with Gasteiger partial charge < -0.3 is 14.7 Å². The minimum Gasteiger partial charge on any atom is -0.448 e. The number of benzene rings is 2. The van der Waals surface area contributed by atoms with Gasteiger partial charge in [0.15, 0.2) is 0 Å². The summed E-state index contributed by atoms with van der Waals surface area (Å²) in [6.45, 7) is 0.722. The van der Waals surface area contributed by atoms with Gasteiger partial charge in [0.1, 0.15) is 12.2 Å². The Kier molecular flexibility index (Phi) is 3.91. The van der Waals surface area contributed by atoms with E-state index in [2.05, 4.69) is 29.2 Å². The molecule has 2 aliphatic rings. The van der Waals surface area contributed by atoms with Crippen LogP contribution in [-0.4, -0.2) is 40.8 Å². The van der Waals surface area contributed by atoms with E-state index in [9.17, 15) is 9.90 Å². The van der Waals surface area contributed by atoms with Gasteiger partial charge in [-0.1, -0.05) is 54.6 Å². The number of pyridine rings is 1. The average molecular weight is 372 g/mol. The molecule has 1 N–H and O–H groups in total. The van der Waals surface area contributed by atoms with Crippen LogP contribution in [0.15, 0.2) is 73.1 Å². The molecule has 5 rings (SSSR count). The molecule has 0 spiro atoms. The lowest BCUT2D eigenvalue weighted by Crippen LogP contribution is -2.61. The lowest BCUT2D eigenvalue weighted by Gasteiger charge is -2.45. The van der Waals surface area contributed by atoms with Crippen molar-refractivity contribution >= 4 is 6.09 Å². The normalized spacial score (nSPS) is 16.8. The molecule has 1 fully saturated rings. The third-order valence-corrected chi connectivity index (χ3v) is 5.70. The lowest BCUT2D eigenvalue weighted by molar-refractivity contribution is -0.0944. The van der Waals surface area contributed by atoms with Gasteiger partial charge in [0.25, 0.3) is 0 Å². The lowest BCUT2D eigenvalue weighted by atomic mass is 9.87. The molecule has 1 aliphatic carbocycles. The summed E-state index contributed by atoms with van der Waals surface area (Å²) >= 11 is 0. The molecule has 5 heteroatoms. The van der Waals surface area contributed by atoms with Crippen LogP contribution in [0.3, 0.4) is 0 Å². The summed E-state index contributed by atoms with van der Waals surface area (Å²) in [5.74, 6) is 0.0369. The minimum absolute atomic E-state index is 0.0369. The number of carbonyl (C=O) groups excluding carboxylic acids is 1. The molecular formula is C23H20N2O3. The average Bonchev–Trinajstić information content (AvgIpc) is 3.04. The van der Waals surface area contributed by atoms with Gasteiger partial charge in [-0.05, 0) is 28.3 Å². The maximum absolute atomic E-state index is 12.5. The van der Waals surface area contributed by atoms with Crippen LogP contribution in [0.1, 0.15) is 22.6 Å². The number of aromatic nitrogens is 1. The van der Waals surface area contributed by atoms with Crippen LogP contribution in [0, 0.1) is 0 Å². The number of β-amino-alcohol motifs (C(OH)–C–C–N with tert-alkyl or cyclic N) is 1. The number of fused-ring (bicyclic) bond motifs is 3. The molecule has 1 saturated heterocycles. The van der Waals surface area contributed by atoms with Crippen molar-refractivity contribution < 1.29 is 14.6 Å². The van der Waals surface area contributed by atoms with Crippen LogP contribution in [0.25, 0.3) is 11.1 Å². The molecule has 2 heterocycles. The summed E-state index contributed by atoms with van der Waals surface area (Å²) in [4.78, 5) is 18.1. The number of amides is 1. The summed E-state index contributed by atoms with van der Waals surface area (Å²) in [5, 5.41) is 10.7. The topological polar surface area (TPSA) is 62.7 Å². The minimum atomic E-state index is -1.04. The van der Waals surface area contributed by atoms with Crippen molar-refractivity contribution in [2.24, 2.45) is 0 Å². The first-order valence-electron chi connectivity index (χ1n) is 9.38. The van der Waals surface area contributed by atoms with Crippen molar-refractivity contribution in [2.75, 3.05) is 19.7 Å². The molecule has 0 radical (unpaired) electrons. The molecule has 0 unspecified atom stereocenters. The molecule has 28 heavy (non-hydrogen) atoms. The van der Waals surface area contributed by atoms with Gasteiger partial charge in [-0.15, -0.1) is 0 Å². The fourth-order valence-electron chi connectivity index (χ4n) is 4.22. The van der Waals surface area contributed by atoms with Gasteiger partial charge in [0, 0.05) is 23.9 Å². The summed E-state index contributed by atoms with van der Waals surface area (Å²) in [5.41, 5.74) is 4.46. The number of rotatable bonds is 3. The molecule has 0 bridgehead atoms. The largest absolute Gasteiger partial charge is 0.448 e. The SMILES string of the molecule is O=C(OCC1c2ccccc2-c2ccccc21)N1CC(O)(c2cccnc2)C1. The highest BCUT2D eigenvalue weighted by atomic mass is 16.6. The quantitative estimate of drug-likeness (QED) is 0.764. The predicted octanol–water partition coefficient (Wildman–Crippen LogP) is 3.53. The molecule has 2 aromatic carbocycles. The van der Waals surface area contributed by atoms with Crippen molar-refractivity contribution in [3.05, 3.63) is 89.7 Å². The Labute approximate surface area is 163 Å². The van der Waals surface area contributed by atoms with Crippen molar-refractivity contribution in [1.82, 2.24) is 9.88 Å². The monoisotopic (exact) mass is 372 g/mol. The van der Waals surface area contributed by atoms with Crippen LogP contribution in [0.5, 0.6) is 0 Å². The van der Waals surface area contributed by atoms with Crippen molar-refractivity contribution in [3.8, 4) is 11.1 Å². The molecule has 1 amide bonds. The Balaban J connectivity index is 1.27. The first-order valence-corrected chi connectivity index (χ1v) is 9.38. The molecular weight excluding hydrogens is 352 g/mol. The fourth-order valence-corrected chi connectivity index (χ4v) is 4.22. The van der Waals surface area contributed by atoms with Crippen LogP contribution < -0.4 is 0 Å². The maximum Gasteiger partial charge on any atom is 0.410 e. The maximum atomic E-state index is 12.5. The molecule has 5 nitrogen and oxygen atoms in total. The van der Waals surface area contributed by atoms with Gasteiger partial charge in [0.2, 0.25) is 0 Å². The molecule has 1 aliphatic heterocycles.